The highest BCUT2D eigenvalue weighted by atomic mass is 16.1. The number of hydrogen-bond acceptors (Lipinski definition) is 2. The summed E-state index contributed by atoms with van der Waals surface area (Å²) >= 11 is 0. The van der Waals surface area contributed by atoms with Crippen LogP contribution in [0.15, 0.2) is 10.9 Å². The molecule has 1 aliphatic rings. The first-order valence-electron chi connectivity index (χ1n) is 7.07. The minimum Gasteiger partial charge on any atom is -0.312 e. The second-order valence-corrected chi connectivity index (χ2v) is 5.38. The molecule has 18 heavy (non-hydrogen) atoms. The van der Waals surface area contributed by atoms with Crippen molar-refractivity contribution in [2.45, 2.75) is 59.0 Å². The summed E-state index contributed by atoms with van der Waals surface area (Å²) in [7, 11) is 0. The van der Waals surface area contributed by atoms with Crippen LogP contribution in [0.1, 0.15) is 55.5 Å². The Labute approximate surface area is 109 Å². The van der Waals surface area contributed by atoms with E-state index in [1.807, 2.05) is 18.4 Å². The normalized spacial score (nSPS) is 15.1. The van der Waals surface area contributed by atoms with Crippen LogP contribution < -0.4 is 10.9 Å². The van der Waals surface area contributed by atoms with Gasteiger partial charge < -0.3 is 9.88 Å². The molecule has 0 aliphatic heterocycles. The van der Waals surface area contributed by atoms with Gasteiger partial charge >= 0.3 is 0 Å². The van der Waals surface area contributed by atoms with E-state index in [0.29, 0.717) is 12.6 Å². The maximum atomic E-state index is 12.5. The van der Waals surface area contributed by atoms with E-state index in [-0.39, 0.29) is 5.56 Å². The molecule has 0 radical (unpaired) electrons. The van der Waals surface area contributed by atoms with E-state index in [0.717, 1.165) is 36.2 Å². The lowest BCUT2D eigenvalue weighted by Gasteiger charge is -2.14. The van der Waals surface area contributed by atoms with Crippen molar-refractivity contribution in [3.05, 3.63) is 33.2 Å². The molecule has 0 atom stereocenters. The van der Waals surface area contributed by atoms with Crippen molar-refractivity contribution in [1.82, 2.24) is 9.88 Å². The number of aryl methyl sites for hydroxylation is 2. The monoisotopic (exact) mass is 248 g/mol. The third kappa shape index (κ3) is 2.83. The zero-order valence-electron chi connectivity index (χ0n) is 11.8. The zero-order chi connectivity index (χ0) is 13.1. The van der Waals surface area contributed by atoms with Gasteiger partial charge in [0.2, 0.25) is 0 Å². The van der Waals surface area contributed by atoms with Crippen LogP contribution in [-0.4, -0.2) is 11.1 Å². The third-order valence-electron chi connectivity index (χ3n) is 3.68. The Hall–Kier alpha value is -1.09. The summed E-state index contributed by atoms with van der Waals surface area (Å²) in [5, 5.41) is 3.38. The summed E-state index contributed by atoms with van der Waals surface area (Å²) in [6.45, 7) is 7.97. The first kappa shape index (κ1) is 13.3. The van der Waals surface area contributed by atoms with E-state index in [1.165, 1.54) is 12.8 Å². The molecule has 0 bridgehead atoms. The molecule has 1 aliphatic carbocycles. The summed E-state index contributed by atoms with van der Waals surface area (Å²) in [5.74, 6) is 0. The molecular weight excluding hydrogens is 224 g/mol. The van der Waals surface area contributed by atoms with E-state index in [9.17, 15) is 4.79 Å². The number of nitrogens with one attached hydrogen (secondary N) is 1. The number of rotatable bonds is 6. The van der Waals surface area contributed by atoms with Crippen molar-refractivity contribution in [3.8, 4) is 0 Å². The molecule has 1 saturated carbocycles. The van der Waals surface area contributed by atoms with Gasteiger partial charge in [0.05, 0.1) is 0 Å². The minimum atomic E-state index is 0.221. The summed E-state index contributed by atoms with van der Waals surface area (Å²) < 4.78 is 1.99. The Morgan fingerprint density at radius 1 is 1.39 bits per heavy atom. The highest BCUT2D eigenvalue weighted by Crippen LogP contribution is 2.34. The van der Waals surface area contributed by atoms with Crippen LogP contribution in [0, 0.1) is 13.8 Å². The molecule has 3 heteroatoms. The molecule has 1 aromatic rings. The Kier molecular flexibility index (Phi) is 4.23. The second kappa shape index (κ2) is 5.70. The molecule has 0 unspecified atom stereocenters. The maximum Gasteiger partial charge on any atom is 0.255 e. The van der Waals surface area contributed by atoms with E-state index < -0.39 is 0 Å². The van der Waals surface area contributed by atoms with Crippen molar-refractivity contribution >= 4 is 0 Å². The lowest BCUT2D eigenvalue weighted by molar-refractivity contribution is 0.616. The van der Waals surface area contributed by atoms with E-state index in [4.69, 9.17) is 0 Å². The second-order valence-electron chi connectivity index (χ2n) is 5.38. The molecule has 0 saturated heterocycles. The summed E-state index contributed by atoms with van der Waals surface area (Å²) in [6, 6.07) is 2.61. The zero-order valence-corrected chi connectivity index (χ0v) is 11.8. The summed E-state index contributed by atoms with van der Waals surface area (Å²) in [5.41, 5.74) is 3.40. The van der Waals surface area contributed by atoms with Crippen LogP contribution in [0.25, 0.3) is 0 Å². The van der Waals surface area contributed by atoms with Crippen molar-refractivity contribution in [3.63, 3.8) is 0 Å². The van der Waals surface area contributed by atoms with Crippen molar-refractivity contribution in [2.24, 2.45) is 0 Å². The van der Waals surface area contributed by atoms with Crippen LogP contribution in [0.5, 0.6) is 0 Å². The molecule has 0 aromatic carbocycles. The Morgan fingerprint density at radius 2 is 2.11 bits per heavy atom. The van der Waals surface area contributed by atoms with Crippen LogP contribution in [-0.2, 0) is 6.54 Å². The number of unbranched alkanes of at least 4 members (excludes halogenated alkanes) is 1. The molecule has 1 aromatic heterocycles. The van der Waals surface area contributed by atoms with Gasteiger partial charge in [-0.3, -0.25) is 4.79 Å². The molecule has 2 rings (SSSR count). The molecular formula is C15H24N2O. The number of pyridine rings is 1. The van der Waals surface area contributed by atoms with Crippen LogP contribution in [0.3, 0.4) is 0 Å². The SMILES string of the molecule is CCCCNCc1c(C)cc(C)n(C2CC2)c1=O. The van der Waals surface area contributed by atoms with Gasteiger partial charge in [-0.2, -0.15) is 0 Å². The molecule has 1 heterocycles. The predicted octanol–water partition coefficient (Wildman–Crippen LogP) is 2.69. The van der Waals surface area contributed by atoms with Gasteiger partial charge in [-0.1, -0.05) is 13.3 Å². The first-order chi connectivity index (χ1) is 8.65. The molecule has 1 fully saturated rings. The van der Waals surface area contributed by atoms with Gasteiger partial charge in [0, 0.05) is 23.8 Å². The molecule has 3 nitrogen and oxygen atoms in total. The molecule has 1 N–H and O–H groups in total. The van der Waals surface area contributed by atoms with Gasteiger partial charge in [0.15, 0.2) is 0 Å². The van der Waals surface area contributed by atoms with Crippen LogP contribution in [0.2, 0.25) is 0 Å². The van der Waals surface area contributed by atoms with Crippen molar-refractivity contribution < 1.29 is 0 Å². The topological polar surface area (TPSA) is 34.0 Å². The summed E-state index contributed by atoms with van der Waals surface area (Å²) in [6.07, 6.45) is 4.67. The van der Waals surface area contributed by atoms with E-state index >= 15 is 0 Å². The van der Waals surface area contributed by atoms with E-state index in [1.54, 1.807) is 0 Å². The van der Waals surface area contributed by atoms with Gasteiger partial charge in [-0.25, -0.2) is 0 Å². The fourth-order valence-corrected chi connectivity index (χ4v) is 2.46. The number of nitrogens with zero attached hydrogens (tertiary/aromatic N) is 1. The van der Waals surface area contributed by atoms with Crippen LogP contribution >= 0.6 is 0 Å². The Balaban J connectivity index is 2.18. The lowest BCUT2D eigenvalue weighted by atomic mass is 10.1. The van der Waals surface area contributed by atoms with Crippen molar-refractivity contribution in [2.75, 3.05) is 6.54 Å². The lowest BCUT2D eigenvalue weighted by Crippen LogP contribution is -2.29. The average molecular weight is 248 g/mol. The van der Waals surface area contributed by atoms with Gasteiger partial charge in [-0.05, 0) is 51.3 Å². The van der Waals surface area contributed by atoms with Crippen molar-refractivity contribution in [1.29, 1.82) is 0 Å². The highest BCUT2D eigenvalue weighted by Gasteiger charge is 2.26. The van der Waals surface area contributed by atoms with E-state index in [2.05, 4.69) is 18.3 Å². The molecule has 0 amide bonds. The average Bonchev–Trinajstić information content (AvgIpc) is 3.12. The quantitative estimate of drug-likeness (QED) is 0.785. The van der Waals surface area contributed by atoms with Gasteiger partial charge in [0.1, 0.15) is 0 Å². The molecule has 0 spiro atoms. The Bertz CT molecular complexity index is 472. The van der Waals surface area contributed by atoms with Gasteiger partial charge in [0.25, 0.3) is 5.56 Å². The largest absolute Gasteiger partial charge is 0.312 e. The predicted molar refractivity (Wildman–Crippen MR) is 75.1 cm³/mol. The fourth-order valence-electron chi connectivity index (χ4n) is 2.46. The smallest absolute Gasteiger partial charge is 0.255 e. The summed E-state index contributed by atoms with van der Waals surface area (Å²) in [4.78, 5) is 12.5. The maximum absolute atomic E-state index is 12.5. The van der Waals surface area contributed by atoms with Crippen LogP contribution in [0.4, 0.5) is 0 Å². The third-order valence-corrected chi connectivity index (χ3v) is 3.68. The number of hydrogen-bond donors (Lipinski definition) is 1. The molecule has 100 valence electrons. The van der Waals surface area contributed by atoms with Gasteiger partial charge in [-0.15, -0.1) is 0 Å². The number of aromatic nitrogens is 1. The standard InChI is InChI=1S/C15H24N2O/c1-4-5-8-16-10-14-11(2)9-12(3)17(15(14)18)13-6-7-13/h9,13,16H,4-8,10H2,1-3H3. The fraction of sp³-hybridized carbons (Fsp3) is 0.667. The minimum absolute atomic E-state index is 0.221. The Morgan fingerprint density at radius 3 is 2.72 bits per heavy atom. The highest BCUT2D eigenvalue weighted by molar-refractivity contribution is 5.27. The first-order valence-corrected chi connectivity index (χ1v) is 7.07.